The molecule has 42 heavy (non-hydrogen) atoms. The minimum Gasteiger partial charge on any atom is -0.339 e. The first-order valence-electron chi connectivity index (χ1n) is 16.0. The van der Waals surface area contributed by atoms with Gasteiger partial charge in [0.1, 0.15) is 12.0 Å². The highest BCUT2D eigenvalue weighted by Crippen LogP contribution is 2.62. The number of hydrogen-bond acceptors (Lipinski definition) is 6. The Balaban J connectivity index is 1.08. The average molecular weight is 570 g/mol. The van der Waals surface area contributed by atoms with Gasteiger partial charge in [0.2, 0.25) is 11.8 Å². The summed E-state index contributed by atoms with van der Waals surface area (Å²) in [5, 5.41) is 4.26. The molecule has 1 unspecified atom stereocenters. The van der Waals surface area contributed by atoms with Crippen molar-refractivity contribution in [1.29, 1.82) is 0 Å². The maximum absolute atomic E-state index is 14.7. The fourth-order valence-corrected chi connectivity index (χ4v) is 8.47. The van der Waals surface area contributed by atoms with Gasteiger partial charge in [0.15, 0.2) is 5.82 Å². The lowest BCUT2D eigenvalue weighted by atomic mass is 9.53. The molecule has 0 radical (unpaired) electrons. The summed E-state index contributed by atoms with van der Waals surface area (Å²) >= 11 is 0. The highest BCUT2D eigenvalue weighted by Gasteiger charge is 2.62. The molecule has 2 heterocycles. The first-order valence-corrected chi connectivity index (χ1v) is 16.0. The molecule has 1 amide bonds. The number of benzene rings is 1. The SMILES string of the molecule is CC(C)c1noc(C23CCC(CN(C(=O)C45CC(F)C(C4)C5)c4cccc(-c5cnc(C6CC6)nc5)c4)(CC2)CC3)n1. The van der Waals surface area contributed by atoms with Crippen LogP contribution in [0.1, 0.15) is 114 Å². The molecule has 1 atom stereocenters. The van der Waals surface area contributed by atoms with Crippen molar-refractivity contribution in [2.75, 3.05) is 11.4 Å². The van der Waals surface area contributed by atoms with E-state index in [9.17, 15) is 9.18 Å². The van der Waals surface area contributed by atoms with E-state index in [1.165, 1.54) is 12.8 Å². The number of carbonyl (C=O) groups excluding carboxylic acids is 1. The summed E-state index contributed by atoms with van der Waals surface area (Å²) in [5.74, 6) is 3.44. The minimum absolute atomic E-state index is 0.0385. The minimum atomic E-state index is -0.849. The quantitative estimate of drug-likeness (QED) is 0.283. The van der Waals surface area contributed by atoms with E-state index >= 15 is 0 Å². The number of fused-ring (bicyclic) bond motifs is 4. The molecule has 1 aromatic carbocycles. The molecule has 0 aliphatic heterocycles. The molecule has 7 aliphatic carbocycles. The number of rotatable bonds is 8. The fourth-order valence-electron chi connectivity index (χ4n) is 8.47. The van der Waals surface area contributed by atoms with Gasteiger partial charge in [-0.2, -0.15) is 4.98 Å². The number of anilines is 1. The number of carbonyl (C=O) groups is 1. The van der Waals surface area contributed by atoms with Crippen molar-refractivity contribution in [2.24, 2.45) is 16.7 Å². The van der Waals surface area contributed by atoms with Crippen LogP contribution in [0.25, 0.3) is 11.1 Å². The van der Waals surface area contributed by atoms with Crippen LogP contribution in [0.3, 0.4) is 0 Å². The van der Waals surface area contributed by atoms with Gasteiger partial charge < -0.3 is 9.42 Å². The summed E-state index contributed by atoms with van der Waals surface area (Å²) in [4.78, 5) is 30.5. The molecule has 220 valence electrons. The Kier molecular flexibility index (Phi) is 5.94. The van der Waals surface area contributed by atoms with Gasteiger partial charge in [0, 0.05) is 47.4 Å². The third-order valence-electron chi connectivity index (χ3n) is 11.5. The zero-order valence-electron chi connectivity index (χ0n) is 24.7. The zero-order chi connectivity index (χ0) is 28.7. The second kappa shape index (κ2) is 9.42. The van der Waals surface area contributed by atoms with E-state index in [1.807, 2.05) is 29.4 Å². The Morgan fingerprint density at radius 3 is 2.33 bits per heavy atom. The van der Waals surface area contributed by atoms with Crippen LogP contribution in [0.5, 0.6) is 0 Å². The lowest BCUT2D eigenvalue weighted by molar-refractivity contribution is -0.132. The summed E-state index contributed by atoms with van der Waals surface area (Å²) in [7, 11) is 0. The summed E-state index contributed by atoms with van der Waals surface area (Å²) in [6, 6.07) is 8.25. The Morgan fingerprint density at radius 2 is 1.74 bits per heavy atom. The van der Waals surface area contributed by atoms with Gasteiger partial charge in [-0.05, 0) is 99.7 Å². The molecular weight excluding hydrogens is 529 g/mol. The van der Waals surface area contributed by atoms with E-state index in [0.717, 1.165) is 72.9 Å². The van der Waals surface area contributed by atoms with E-state index in [1.54, 1.807) is 0 Å². The molecule has 7 aliphatic rings. The first kappa shape index (κ1) is 26.5. The lowest BCUT2D eigenvalue weighted by Gasteiger charge is -2.54. The molecule has 4 bridgehead atoms. The van der Waals surface area contributed by atoms with Gasteiger partial charge in [0.25, 0.3) is 0 Å². The van der Waals surface area contributed by atoms with Crippen molar-refractivity contribution in [3.8, 4) is 11.1 Å². The van der Waals surface area contributed by atoms with Crippen LogP contribution in [0.4, 0.5) is 10.1 Å². The predicted octanol–water partition coefficient (Wildman–Crippen LogP) is 7.29. The molecule has 3 aromatic rings. The van der Waals surface area contributed by atoms with Gasteiger partial charge in [-0.3, -0.25) is 4.79 Å². The fraction of sp³-hybridized carbons (Fsp3) is 0.618. The Morgan fingerprint density at radius 1 is 1.02 bits per heavy atom. The number of halogens is 1. The molecule has 10 rings (SSSR count). The summed E-state index contributed by atoms with van der Waals surface area (Å²) in [5.41, 5.74) is 2.31. The number of alkyl halides is 1. The van der Waals surface area contributed by atoms with Crippen LogP contribution in [-0.4, -0.2) is 38.7 Å². The van der Waals surface area contributed by atoms with E-state index in [0.29, 0.717) is 31.7 Å². The van der Waals surface area contributed by atoms with Gasteiger partial charge in [-0.1, -0.05) is 31.1 Å². The smallest absolute Gasteiger partial charge is 0.233 e. The van der Waals surface area contributed by atoms with E-state index in [2.05, 4.69) is 41.1 Å². The molecule has 8 heteroatoms. The zero-order valence-corrected chi connectivity index (χ0v) is 24.7. The van der Waals surface area contributed by atoms with Gasteiger partial charge in [-0.25, -0.2) is 14.4 Å². The van der Waals surface area contributed by atoms with Crippen LogP contribution >= 0.6 is 0 Å². The van der Waals surface area contributed by atoms with Crippen LogP contribution in [-0.2, 0) is 10.2 Å². The molecule has 7 fully saturated rings. The van der Waals surface area contributed by atoms with Crippen LogP contribution in [0.15, 0.2) is 41.2 Å². The van der Waals surface area contributed by atoms with Crippen molar-refractivity contribution in [2.45, 2.75) is 108 Å². The molecular formula is C34H40FN5O2. The maximum Gasteiger partial charge on any atom is 0.233 e. The lowest BCUT2D eigenvalue weighted by Crippen LogP contribution is -2.54. The number of hydrogen-bond donors (Lipinski definition) is 0. The summed E-state index contributed by atoms with van der Waals surface area (Å²) in [6.07, 6.45) is 13.1. The normalized spacial score (nSPS) is 33.1. The molecule has 0 N–H and O–H groups in total. The summed E-state index contributed by atoms with van der Waals surface area (Å²) in [6.45, 7) is 4.86. The van der Waals surface area contributed by atoms with E-state index < -0.39 is 11.6 Å². The molecule has 0 saturated heterocycles. The first-order chi connectivity index (χ1) is 20.3. The third kappa shape index (κ3) is 4.22. The number of amides is 1. The largest absolute Gasteiger partial charge is 0.339 e. The third-order valence-corrected chi connectivity index (χ3v) is 11.5. The monoisotopic (exact) mass is 569 g/mol. The van der Waals surface area contributed by atoms with E-state index in [4.69, 9.17) is 9.51 Å². The average Bonchev–Trinajstić information content (AvgIpc) is 3.48. The highest BCUT2D eigenvalue weighted by atomic mass is 19.1. The van der Waals surface area contributed by atoms with E-state index in [-0.39, 0.29) is 28.6 Å². The number of aromatic nitrogens is 4. The topological polar surface area (TPSA) is 85.0 Å². The predicted molar refractivity (Wildman–Crippen MR) is 157 cm³/mol. The van der Waals surface area contributed by atoms with Crippen LogP contribution in [0.2, 0.25) is 0 Å². The Bertz CT molecular complexity index is 1480. The van der Waals surface area contributed by atoms with Crippen LogP contribution in [0, 0.1) is 16.7 Å². The van der Waals surface area contributed by atoms with Crippen molar-refractivity contribution < 1.29 is 13.7 Å². The summed E-state index contributed by atoms with van der Waals surface area (Å²) < 4.78 is 20.5. The highest BCUT2D eigenvalue weighted by molar-refractivity contribution is 5.99. The van der Waals surface area contributed by atoms with Gasteiger partial charge in [0.05, 0.1) is 5.41 Å². The van der Waals surface area contributed by atoms with Crippen molar-refractivity contribution in [3.05, 3.63) is 54.2 Å². The Hall–Kier alpha value is -3.16. The Labute approximate surface area is 246 Å². The maximum atomic E-state index is 14.7. The molecule has 0 spiro atoms. The van der Waals surface area contributed by atoms with Crippen molar-refractivity contribution in [3.63, 3.8) is 0 Å². The van der Waals surface area contributed by atoms with Crippen molar-refractivity contribution in [1.82, 2.24) is 20.1 Å². The molecule has 7 saturated carbocycles. The van der Waals surface area contributed by atoms with Gasteiger partial charge in [-0.15, -0.1) is 0 Å². The second-order valence-electron chi connectivity index (χ2n) is 14.6. The molecule has 2 aromatic heterocycles. The second-order valence-corrected chi connectivity index (χ2v) is 14.6. The van der Waals surface area contributed by atoms with Crippen LogP contribution < -0.4 is 4.90 Å². The molecule has 7 nitrogen and oxygen atoms in total. The number of nitrogens with zero attached hydrogens (tertiary/aromatic N) is 5. The van der Waals surface area contributed by atoms with Crippen molar-refractivity contribution >= 4 is 11.6 Å². The standard InChI is InChI=1S/C34H40FN5O2/c1-21(2)28-38-30(42-39-28)33-11-8-32(9-12-33,10-13-33)20-40(31(41)34-15-24(16-34)27(35)17-34)26-5-3-4-23(14-26)25-18-36-29(37-19-25)22-6-7-22/h3-5,14,18-19,21-22,24,27H,6-13,15-17,20H2,1-2H3. The van der Waals surface area contributed by atoms with Gasteiger partial charge >= 0.3 is 0 Å².